The van der Waals surface area contributed by atoms with Gasteiger partial charge >= 0.3 is 6.18 Å². The fourth-order valence-electron chi connectivity index (χ4n) is 1.25. The molecule has 2 aromatic heterocycles. The Morgan fingerprint density at radius 3 is 2.53 bits per heavy atom. The van der Waals surface area contributed by atoms with E-state index in [0.717, 1.165) is 6.07 Å². The molecule has 0 spiro atoms. The Balaban J connectivity index is 2.34. The fraction of sp³-hybridized carbons (Fsp3) is 0.0909. The van der Waals surface area contributed by atoms with E-state index in [0.29, 0.717) is 28.2 Å². The predicted octanol–water partition coefficient (Wildman–Crippen LogP) is 3.70. The minimum atomic E-state index is -4.32. The summed E-state index contributed by atoms with van der Waals surface area (Å²) in [6.45, 7) is 0. The number of aromatic nitrogens is 1. The zero-order valence-corrected chi connectivity index (χ0v) is 9.14. The molecule has 17 heavy (non-hydrogen) atoms. The second-order valence-electron chi connectivity index (χ2n) is 3.24. The minimum Gasteiger partial charge on any atom is -0.255 e. The highest BCUT2D eigenvalue weighted by atomic mass is 32.1. The van der Waals surface area contributed by atoms with Gasteiger partial charge in [0, 0.05) is 17.1 Å². The molecule has 0 aliphatic heterocycles. The van der Waals surface area contributed by atoms with Crippen LogP contribution in [0.2, 0.25) is 0 Å². The molecule has 2 nitrogen and oxygen atoms in total. The first-order chi connectivity index (χ1) is 8.00. The zero-order chi connectivity index (χ0) is 12.5. The molecule has 0 aromatic carbocycles. The molecule has 2 heterocycles. The third kappa shape index (κ3) is 2.45. The smallest absolute Gasteiger partial charge is 0.255 e. The molecule has 0 bridgehead atoms. The van der Waals surface area contributed by atoms with E-state index >= 15 is 0 Å². The maximum atomic E-state index is 12.4. The van der Waals surface area contributed by atoms with Gasteiger partial charge in [-0.15, -0.1) is 11.3 Å². The van der Waals surface area contributed by atoms with E-state index in [1.54, 1.807) is 0 Å². The van der Waals surface area contributed by atoms with Crippen molar-refractivity contribution in [1.29, 1.82) is 5.26 Å². The summed E-state index contributed by atoms with van der Waals surface area (Å²) in [7, 11) is 0. The third-order valence-corrected chi connectivity index (χ3v) is 3.04. The van der Waals surface area contributed by atoms with Gasteiger partial charge in [-0.2, -0.15) is 18.4 Å². The van der Waals surface area contributed by atoms with Crippen LogP contribution in [0.4, 0.5) is 13.2 Å². The molecule has 2 aromatic rings. The topological polar surface area (TPSA) is 36.7 Å². The maximum absolute atomic E-state index is 12.4. The Morgan fingerprint density at radius 2 is 2.06 bits per heavy atom. The first kappa shape index (κ1) is 11.6. The quantitative estimate of drug-likeness (QED) is 0.778. The summed E-state index contributed by atoms with van der Waals surface area (Å²) in [6, 6.07) is 6.00. The largest absolute Gasteiger partial charge is 0.425 e. The second kappa shape index (κ2) is 4.18. The number of nitrogens with zero attached hydrogens (tertiary/aromatic N) is 2. The van der Waals surface area contributed by atoms with Crippen molar-refractivity contribution in [1.82, 2.24) is 4.98 Å². The average Bonchev–Trinajstić information content (AvgIpc) is 2.78. The lowest BCUT2D eigenvalue weighted by Gasteiger charge is -2.00. The number of halogens is 3. The van der Waals surface area contributed by atoms with Gasteiger partial charge in [0.1, 0.15) is 10.9 Å². The zero-order valence-electron chi connectivity index (χ0n) is 8.32. The van der Waals surface area contributed by atoms with Crippen LogP contribution in [0.15, 0.2) is 29.8 Å². The van der Waals surface area contributed by atoms with Gasteiger partial charge in [-0.1, -0.05) is 0 Å². The molecule has 0 N–H and O–H groups in total. The van der Waals surface area contributed by atoms with Crippen molar-refractivity contribution in [3.63, 3.8) is 0 Å². The van der Waals surface area contributed by atoms with Crippen LogP contribution < -0.4 is 0 Å². The van der Waals surface area contributed by atoms with Crippen molar-refractivity contribution < 1.29 is 13.2 Å². The number of thiophene rings is 1. The number of hydrogen-bond acceptors (Lipinski definition) is 3. The normalized spacial score (nSPS) is 11.2. The maximum Gasteiger partial charge on any atom is 0.425 e. The molecule has 0 aliphatic carbocycles. The highest BCUT2D eigenvalue weighted by Gasteiger charge is 2.32. The van der Waals surface area contributed by atoms with Gasteiger partial charge in [0.15, 0.2) is 0 Å². The lowest BCUT2D eigenvalue weighted by atomic mass is 10.2. The Kier molecular flexibility index (Phi) is 2.86. The predicted molar refractivity (Wildman–Crippen MR) is 57.3 cm³/mol. The highest BCUT2D eigenvalue weighted by molar-refractivity contribution is 7.10. The molecule has 0 aliphatic rings. The third-order valence-electron chi connectivity index (χ3n) is 2.07. The molecule has 86 valence electrons. The van der Waals surface area contributed by atoms with Crippen molar-refractivity contribution in [3.05, 3.63) is 40.2 Å². The minimum absolute atomic E-state index is 0.375. The molecule has 0 saturated heterocycles. The van der Waals surface area contributed by atoms with Crippen LogP contribution in [0.3, 0.4) is 0 Å². The number of pyridine rings is 1. The van der Waals surface area contributed by atoms with Gasteiger partial charge in [0.25, 0.3) is 0 Å². The van der Waals surface area contributed by atoms with Crippen LogP contribution in [0.25, 0.3) is 11.3 Å². The van der Waals surface area contributed by atoms with Crippen molar-refractivity contribution in [2.75, 3.05) is 0 Å². The first-order valence-electron chi connectivity index (χ1n) is 4.53. The molecule has 0 atom stereocenters. The van der Waals surface area contributed by atoms with E-state index in [1.165, 1.54) is 23.7 Å². The van der Waals surface area contributed by atoms with Crippen LogP contribution >= 0.6 is 11.3 Å². The van der Waals surface area contributed by atoms with Crippen LogP contribution in [-0.2, 0) is 6.18 Å². The van der Waals surface area contributed by atoms with E-state index in [-0.39, 0.29) is 0 Å². The highest BCUT2D eigenvalue weighted by Crippen LogP contribution is 2.36. The summed E-state index contributed by atoms with van der Waals surface area (Å²) in [5.74, 6) is 0. The van der Waals surface area contributed by atoms with E-state index in [9.17, 15) is 13.2 Å². The van der Waals surface area contributed by atoms with Crippen molar-refractivity contribution in [3.8, 4) is 17.3 Å². The van der Waals surface area contributed by atoms with E-state index in [2.05, 4.69) is 4.98 Å². The average molecular weight is 254 g/mol. The monoisotopic (exact) mass is 254 g/mol. The van der Waals surface area contributed by atoms with Gasteiger partial charge in [0.05, 0.1) is 11.3 Å². The van der Waals surface area contributed by atoms with E-state index < -0.39 is 11.1 Å². The van der Waals surface area contributed by atoms with Crippen LogP contribution in [0, 0.1) is 11.3 Å². The van der Waals surface area contributed by atoms with E-state index in [4.69, 9.17) is 5.26 Å². The summed E-state index contributed by atoms with van der Waals surface area (Å²) in [4.78, 5) is 3.28. The molecular weight excluding hydrogens is 249 g/mol. The van der Waals surface area contributed by atoms with Crippen molar-refractivity contribution >= 4 is 11.3 Å². The van der Waals surface area contributed by atoms with Crippen LogP contribution in [0.5, 0.6) is 0 Å². The Morgan fingerprint density at radius 1 is 1.29 bits per heavy atom. The number of rotatable bonds is 1. The molecule has 0 amide bonds. The summed E-state index contributed by atoms with van der Waals surface area (Å²) >= 11 is 0.631. The summed E-state index contributed by atoms with van der Waals surface area (Å²) in [5, 5.41) is 9.97. The van der Waals surface area contributed by atoms with Gasteiger partial charge in [-0.05, 0) is 18.2 Å². The van der Waals surface area contributed by atoms with Crippen LogP contribution in [0.1, 0.15) is 10.4 Å². The van der Waals surface area contributed by atoms with Gasteiger partial charge in [-0.25, -0.2) is 0 Å². The molecular formula is C11H5F3N2S. The van der Waals surface area contributed by atoms with Crippen molar-refractivity contribution in [2.24, 2.45) is 0 Å². The van der Waals surface area contributed by atoms with Gasteiger partial charge in [0.2, 0.25) is 0 Å². The molecule has 0 fully saturated rings. The molecule has 0 radical (unpaired) electrons. The Labute approximate surface area is 99.0 Å². The Hall–Kier alpha value is -1.87. The van der Waals surface area contributed by atoms with Gasteiger partial charge < -0.3 is 0 Å². The second-order valence-corrected chi connectivity index (χ2v) is 4.15. The van der Waals surface area contributed by atoms with Crippen molar-refractivity contribution in [2.45, 2.75) is 6.18 Å². The fourth-order valence-corrected chi connectivity index (χ4v) is 2.02. The number of nitriles is 1. The SMILES string of the molecule is N#Cc1ccc(-c2csc(C(F)(F)F)c2)nc1. The van der Waals surface area contributed by atoms with Crippen LogP contribution in [-0.4, -0.2) is 4.98 Å². The number of hydrogen-bond donors (Lipinski definition) is 0. The first-order valence-corrected chi connectivity index (χ1v) is 5.41. The summed E-state index contributed by atoms with van der Waals surface area (Å²) < 4.78 is 37.1. The molecule has 0 saturated carbocycles. The standard InChI is InChI=1S/C11H5F3N2S/c12-11(13,14)10-3-8(6-17-10)9-2-1-7(4-15)5-16-9/h1-3,5-6H. The molecule has 6 heteroatoms. The molecule has 2 rings (SSSR count). The van der Waals surface area contributed by atoms with E-state index in [1.807, 2.05) is 6.07 Å². The number of alkyl halides is 3. The summed E-state index contributed by atoms with van der Waals surface area (Å²) in [5.41, 5.74) is 1.21. The summed E-state index contributed by atoms with van der Waals surface area (Å²) in [6.07, 6.45) is -2.99. The van der Waals surface area contributed by atoms with Gasteiger partial charge in [-0.3, -0.25) is 4.98 Å². The Bertz CT molecular complexity index is 564. The lowest BCUT2D eigenvalue weighted by Crippen LogP contribution is -2.00. The molecule has 0 unspecified atom stereocenters. The lowest BCUT2D eigenvalue weighted by molar-refractivity contribution is -0.134.